The minimum absolute atomic E-state index is 0.0765. The second kappa shape index (κ2) is 7.64. The number of hydrogen-bond acceptors (Lipinski definition) is 6. The molecule has 0 aliphatic carbocycles. The minimum atomic E-state index is -0.724. The first-order valence-corrected chi connectivity index (χ1v) is 7.49. The summed E-state index contributed by atoms with van der Waals surface area (Å²) in [6, 6.07) is 5.92. The van der Waals surface area contributed by atoms with Gasteiger partial charge < -0.3 is 10.1 Å². The summed E-state index contributed by atoms with van der Waals surface area (Å²) in [5.41, 5.74) is 0.553. The molecule has 1 heterocycles. The van der Waals surface area contributed by atoms with Crippen LogP contribution in [0.5, 0.6) is 0 Å². The van der Waals surface area contributed by atoms with Crippen molar-refractivity contribution in [3.05, 3.63) is 62.4 Å². The van der Waals surface area contributed by atoms with Crippen LogP contribution >= 0.6 is 15.9 Å². The molecule has 2 rings (SSSR count). The van der Waals surface area contributed by atoms with Gasteiger partial charge in [-0.15, -0.1) is 0 Å². The SMILES string of the molecule is Cc1cccc([N+](=O)[O-])c1NC(=O)COC(=O)c1cncc(Br)c1. The number of carbonyl (C=O) groups is 2. The molecule has 1 N–H and O–H groups in total. The lowest BCUT2D eigenvalue weighted by Gasteiger charge is -2.09. The van der Waals surface area contributed by atoms with E-state index in [1.807, 2.05) is 0 Å². The molecule has 0 atom stereocenters. The van der Waals surface area contributed by atoms with Crippen molar-refractivity contribution in [1.29, 1.82) is 0 Å². The van der Waals surface area contributed by atoms with Gasteiger partial charge in [-0.25, -0.2) is 4.79 Å². The van der Waals surface area contributed by atoms with Crippen LogP contribution in [-0.4, -0.2) is 28.4 Å². The van der Waals surface area contributed by atoms with Crippen LogP contribution in [0.15, 0.2) is 41.1 Å². The molecule has 1 amide bonds. The van der Waals surface area contributed by atoms with Gasteiger partial charge in [0.1, 0.15) is 5.69 Å². The van der Waals surface area contributed by atoms with Crippen LogP contribution < -0.4 is 5.32 Å². The van der Waals surface area contributed by atoms with Gasteiger partial charge >= 0.3 is 5.97 Å². The highest BCUT2D eigenvalue weighted by molar-refractivity contribution is 9.10. The smallest absolute Gasteiger partial charge is 0.340 e. The molecule has 0 unspecified atom stereocenters. The van der Waals surface area contributed by atoms with Crippen molar-refractivity contribution in [2.45, 2.75) is 6.92 Å². The first kappa shape index (κ1) is 17.5. The second-order valence-electron chi connectivity index (χ2n) is 4.74. The molecule has 1 aromatic heterocycles. The largest absolute Gasteiger partial charge is 0.452 e. The number of amides is 1. The van der Waals surface area contributed by atoms with Gasteiger partial charge in [0, 0.05) is 22.9 Å². The number of para-hydroxylation sites is 1. The predicted molar refractivity (Wildman–Crippen MR) is 88.7 cm³/mol. The maximum atomic E-state index is 11.9. The highest BCUT2D eigenvalue weighted by Crippen LogP contribution is 2.27. The third kappa shape index (κ3) is 4.35. The summed E-state index contributed by atoms with van der Waals surface area (Å²) in [4.78, 5) is 38.0. The normalized spacial score (nSPS) is 10.1. The number of nitrogens with one attached hydrogen (secondary N) is 1. The first-order valence-electron chi connectivity index (χ1n) is 6.70. The van der Waals surface area contributed by atoms with Crippen molar-refractivity contribution in [2.75, 3.05) is 11.9 Å². The molecule has 124 valence electrons. The Morgan fingerprint density at radius 2 is 2.12 bits per heavy atom. The summed E-state index contributed by atoms with van der Waals surface area (Å²) in [7, 11) is 0. The molecule has 0 saturated heterocycles. The highest BCUT2D eigenvalue weighted by Gasteiger charge is 2.18. The first-order chi connectivity index (χ1) is 11.4. The number of pyridine rings is 1. The molecule has 0 radical (unpaired) electrons. The molecule has 0 fully saturated rings. The summed E-state index contributed by atoms with van der Waals surface area (Å²) in [5.74, 6) is -1.40. The van der Waals surface area contributed by atoms with Gasteiger partial charge in [-0.3, -0.25) is 19.9 Å². The number of esters is 1. The molecule has 0 bridgehead atoms. The van der Waals surface area contributed by atoms with E-state index >= 15 is 0 Å². The molecule has 0 aliphatic heterocycles. The lowest BCUT2D eigenvalue weighted by atomic mass is 10.1. The van der Waals surface area contributed by atoms with E-state index in [-0.39, 0.29) is 16.9 Å². The van der Waals surface area contributed by atoms with E-state index < -0.39 is 23.4 Å². The highest BCUT2D eigenvalue weighted by atomic mass is 79.9. The quantitative estimate of drug-likeness (QED) is 0.474. The molecular formula is C15H12BrN3O5. The van der Waals surface area contributed by atoms with E-state index in [0.717, 1.165) is 0 Å². The van der Waals surface area contributed by atoms with Crippen LogP contribution in [0.3, 0.4) is 0 Å². The van der Waals surface area contributed by atoms with Gasteiger partial charge in [-0.05, 0) is 34.5 Å². The van der Waals surface area contributed by atoms with Crippen molar-refractivity contribution < 1.29 is 19.2 Å². The molecule has 0 aliphatic rings. The van der Waals surface area contributed by atoms with Gasteiger partial charge in [-0.1, -0.05) is 12.1 Å². The van der Waals surface area contributed by atoms with E-state index in [1.165, 1.54) is 30.6 Å². The van der Waals surface area contributed by atoms with E-state index in [0.29, 0.717) is 10.0 Å². The zero-order valence-corrected chi connectivity index (χ0v) is 14.1. The van der Waals surface area contributed by atoms with Gasteiger partial charge in [0.05, 0.1) is 10.5 Å². The molecular weight excluding hydrogens is 382 g/mol. The van der Waals surface area contributed by atoms with Crippen LogP contribution in [0, 0.1) is 17.0 Å². The average Bonchev–Trinajstić information content (AvgIpc) is 2.54. The Hall–Kier alpha value is -2.81. The Morgan fingerprint density at radius 1 is 1.38 bits per heavy atom. The number of rotatable bonds is 5. The van der Waals surface area contributed by atoms with E-state index in [4.69, 9.17) is 4.74 Å². The van der Waals surface area contributed by atoms with E-state index in [1.54, 1.807) is 13.0 Å². The van der Waals surface area contributed by atoms with Gasteiger partial charge in [0.15, 0.2) is 6.61 Å². The standard InChI is InChI=1S/C15H12BrN3O5/c1-9-3-2-4-12(19(22)23)14(9)18-13(20)8-24-15(21)10-5-11(16)7-17-6-10/h2-7H,8H2,1H3,(H,18,20). The monoisotopic (exact) mass is 393 g/mol. The zero-order valence-electron chi connectivity index (χ0n) is 12.5. The topological polar surface area (TPSA) is 111 Å². The maximum Gasteiger partial charge on any atom is 0.340 e. The molecule has 0 saturated carbocycles. The summed E-state index contributed by atoms with van der Waals surface area (Å²) < 4.78 is 5.47. The van der Waals surface area contributed by atoms with Crippen LogP contribution in [0.2, 0.25) is 0 Å². The molecule has 24 heavy (non-hydrogen) atoms. The van der Waals surface area contributed by atoms with Crippen molar-refractivity contribution in [1.82, 2.24) is 4.98 Å². The molecule has 9 heteroatoms. The third-order valence-corrected chi connectivity index (χ3v) is 3.42. The lowest BCUT2D eigenvalue weighted by Crippen LogP contribution is -2.22. The number of aryl methyl sites for hydroxylation is 1. The van der Waals surface area contributed by atoms with Crippen LogP contribution in [0.4, 0.5) is 11.4 Å². The Kier molecular flexibility index (Phi) is 5.59. The van der Waals surface area contributed by atoms with Gasteiger partial charge in [0.25, 0.3) is 11.6 Å². The fourth-order valence-electron chi connectivity index (χ4n) is 1.88. The number of halogens is 1. The van der Waals surface area contributed by atoms with Gasteiger partial charge in [-0.2, -0.15) is 0 Å². The van der Waals surface area contributed by atoms with Crippen molar-refractivity contribution in [2.24, 2.45) is 0 Å². The average molecular weight is 394 g/mol. The number of hydrogen-bond donors (Lipinski definition) is 1. The number of anilines is 1. The minimum Gasteiger partial charge on any atom is -0.452 e. The van der Waals surface area contributed by atoms with Crippen molar-refractivity contribution in [3.8, 4) is 0 Å². The summed E-state index contributed by atoms with van der Waals surface area (Å²) in [6.07, 6.45) is 2.80. The third-order valence-electron chi connectivity index (χ3n) is 2.99. The maximum absolute atomic E-state index is 11.9. The van der Waals surface area contributed by atoms with Crippen molar-refractivity contribution >= 4 is 39.2 Å². The fraction of sp³-hybridized carbons (Fsp3) is 0.133. The van der Waals surface area contributed by atoms with Crippen LogP contribution in [-0.2, 0) is 9.53 Å². The lowest BCUT2D eigenvalue weighted by molar-refractivity contribution is -0.384. The van der Waals surface area contributed by atoms with Crippen LogP contribution in [0.25, 0.3) is 0 Å². The molecule has 1 aromatic carbocycles. The Balaban J connectivity index is 2.02. The number of benzene rings is 1. The van der Waals surface area contributed by atoms with Crippen molar-refractivity contribution in [3.63, 3.8) is 0 Å². The molecule has 0 spiro atoms. The number of nitro groups is 1. The van der Waals surface area contributed by atoms with Crippen LogP contribution in [0.1, 0.15) is 15.9 Å². The summed E-state index contributed by atoms with van der Waals surface area (Å²) in [5, 5.41) is 13.4. The number of nitrogens with zero attached hydrogens (tertiary/aromatic N) is 2. The number of aromatic nitrogens is 1. The second-order valence-corrected chi connectivity index (χ2v) is 5.66. The van der Waals surface area contributed by atoms with E-state index in [9.17, 15) is 19.7 Å². The fourth-order valence-corrected chi connectivity index (χ4v) is 2.25. The summed E-state index contributed by atoms with van der Waals surface area (Å²) >= 11 is 3.17. The zero-order chi connectivity index (χ0) is 17.7. The number of ether oxygens (including phenoxy) is 1. The Bertz CT molecular complexity index is 809. The molecule has 8 nitrogen and oxygen atoms in total. The van der Waals surface area contributed by atoms with E-state index in [2.05, 4.69) is 26.2 Å². The Labute approximate surface area is 145 Å². The number of carbonyl (C=O) groups excluding carboxylic acids is 2. The summed E-state index contributed by atoms with van der Waals surface area (Å²) in [6.45, 7) is 1.05. The molecule has 2 aromatic rings. The van der Waals surface area contributed by atoms with Gasteiger partial charge in [0.2, 0.25) is 0 Å². The predicted octanol–water partition coefficient (Wildman–Crippen LogP) is 2.86. The Morgan fingerprint density at radius 3 is 2.79 bits per heavy atom. The number of nitro benzene ring substituents is 1.